The molecule has 9 aromatic rings. The molecule has 6 aliphatic heterocycles. The van der Waals surface area contributed by atoms with E-state index in [2.05, 4.69) is 113 Å². The molecule has 46 heteroatoms. The number of carbonyl (C=O) groups is 3. The summed E-state index contributed by atoms with van der Waals surface area (Å²) >= 11 is 34.5. The molecule has 5 atom stereocenters. The largest absolute Gasteiger partial charge is 1.00 e. The van der Waals surface area contributed by atoms with Crippen LogP contribution in [0.1, 0.15) is 159 Å². The van der Waals surface area contributed by atoms with E-state index in [4.69, 9.17) is 89.2 Å². The summed E-state index contributed by atoms with van der Waals surface area (Å²) < 4.78 is 103. The average molecular weight is 2190 g/mol. The molecule has 2 unspecified atom stereocenters. The summed E-state index contributed by atoms with van der Waals surface area (Å²) in [6.45, 7) is 13.9. The molecule has 4 saturated heterocycles. The van der Waals surface area contributed by atoms with Crippen LogP contribution < -0.4 is 40.0 Å². The fourth-order valence-electron chi connectivity index (χ4n) is 11.8. The van der Waals surface area contributed by atoms with Gasteiger partial charge in [0.25, 0.3) is 0 Å². The van der Waals surface area contributed by atoms with Gasteiger partial charge in [-0.1, -0.05) is 35.3 Å². The number of aromatic nitrogens is 2. The predicted octanol–water partition coefficient (Wildman–Crippen LogP) is 13.4. The molecule has 2 aromatic carbocycles. The van der Waals surface area contributed by atoms with Crippen LogP contribution in [0.15, 0.2) is 109 Å². The van der Waals surface area contributed by atoms with Crippen molar-refractivity contribution in [3.05, 3.63) is 225 Å². The zero-order chi connectivity index (χ0) is 81.3. The van der Waals surface area contributed by atoms with Gasteiger partial charge in [-0.2, -0.15) is 47.0 Å². The topological polar surface area (TPSA) is 346 Å². The number of hydrogen-bond donors (Lipinski definition) is 5. The van der Waals surface area contributed by atoms with E-state index in [-0.39, 0.29) is 157 Å². The van der Waals surface area contributed by atoms with Crippen molar-refractivity contribution in [2.75, 3.05) is 78.0 Å². The number of ether oxygens (including phenoxy) is 10. The van der Waals surface area contributed by atoms with Gasteiger partial charge in [-0.3, -0.25) is 18.6 Å². The van der Waals surface area contributed by atoms with Gasteiger partial charge in [-0.15, -0.1) is 77.3 Å². The fourth-order valence-corrected chi connectivity index (χ4v) is 20.6. The van der Waals surface area contributed by atoms with Crippen LogP contribution in [0.5, 0.6) is 0 Å². The first-order valence-electron chi connectivity index (χ1n) is 33.6. The van der Waals surface area contributed by atoms with Crippen LogP contribution in [0.2, 0.25) is 10.0 Å². The second-order valence-electron chi connectivity index (χ2n) is 24.1. The number of nitrogens with zero attached hydrogens (tertiary/aromatic N) is 2. The predicted molar refractivity (Wildman–Crippen MR) is 463 cm³/mol. The second kappa shape index (κ2) is 54.4. The first-order valence-corrected chi connectivity index (χ1v) is 47.9. The van der Waals surface area contributed by atoms with Crippen molar-refractivity contribution in [1.29, 1.82) is 0 Å². The molecule has 6 N–H and O–H groups in total. The first kappa shape index (κ1) is 107. The molecule has 7 aliphatic rings. The normalized spacial score (nSPS) is 18.6. The van der Waals surface area contributed by atoms with Crippen LogP contribution in [0.4, 0.5) is 5.82 Å². The molecule has 623 valence electrons. The maximum Gasteiger partial charge on any atom is 1.00 e. The zero-order valence-corrected chi connectivity index (χ0v) is 84.0. The molecule has 3 radical (unpaired) electrons. The summed E-state index contributed by atoms with van der Waals surface area (Å²) in [7, 11) is 1.58. The first-order chi connectivity index (χ1) is 54.4. The molecular weight excluding hydrogens is 2120 g/mol. The number of anilines is 1. The van der Waals surface area contributed by atoms with E-state index in [1.807, 2.05) is 72.1 Å². The number of aliphatic hydroxyl groups excluding tert-OH is 3. The monoisotopic (exact) mass is 2180 g/mol. The molecule has 0 spiro atoms. The minimum atomic E-state index is -4.12. The van der Waals surface area contributed by atoms with E-state index in [0.29, 0.717) is 136 Å². The molecule has 16 rings (SSSR count). The molecule has 13 heterocycles. The van der Waals surface area contributed by atoms with Gasteiger partial charge in [0.15, 0.2) is 37.7 Å². The van der Waals surface area contributed by atoms with E-state index in [1.165, 1.54) is 63.4 Å². The number of fused-ring (bicyclic) bond motifs is 2. The van der Waals surface area contributed by atoms with Crippen LogP contribution in [0.3, 0.4) is 0 Å². The quantitative estimate of drug-likeness (QED) is 0.0186. The third-order valence-corrected chi connectivity index (χ3v) is 27.6. The molecular formula is C71H73BBr4Cl2N4NaO21P2S9Ti2-2. The summed E-state index contributed by atoms with van der Waals surface area (Å²) in [5, 5.41) is 40.8. The van der Waals surface area contributed by atoms with E-state index >= 15 is 0 Å². The Balaban J connectivity index is 0.000000313. The van der Waals surface area contributed by atoms with E-state index < -0.39 is 28.4 Å². The Kier molecular flexibility index (Phi) is 49.7. The van der Waals surface area contributed by atoms with Crippen LogP contribution >= 0.6 is 171 Å². The SMILES string of the molecule is Brc1csc(C2OCCO2)c1.NS(=O)(=O)OC[C@H]1C[C@@H](Nc2ncncc2C(=O)c2cc(C3OCCc4ccc(Cl)cc43)c(CO)s2)C[C@@H]1O.O=Cc1sc(C2OCCO2)cc1Br.O=S=P.O=S=P.OCc1sc(C2OCCO2)cc1Br.[B].[CH2-]c1sc(C2OCCO2)cc1Br.[CH2-]c1sc(C=O)cc1C1OCCc2ccc(Cl)cc21.[H-].[Na+].[Ti].[Ti]. The Morgan fingerprint density at radius 3 is 1.59 bits per heavy atom. The van der Waals surface area contributed by atoms with Gasteiger partial charge in [0, 0.05) is 137 Å². The minimum Gasteiger partial charge on any atom is -1.00 e. The smallest absolute Gasteiger partial charge is 1.00 e. The molecule has 25 nitrogen and oxygen atoms in total. The summed E-state index contributed by atoms with van der Waals surface area (Å²) in [6, 6.07) is 22.7. The molecule has 5 fully saturated rings. The summed E-state index contributed by atoms with van der Waals surface area (Å²) in [6.07, 6.45) is 4.47. The van der Waals surface area contributed by atoms with Crippen molar-refractivity contribution in [3.63, 3.8) is 0 Å². The summed E-state index contributed by atoms with van der Waals surface area (Å²) in [4.78, 5) is 52.7. The molecule has 7 aromatic heterocycles. The third kappa shape index (κ3) is 31.9. The van der Waals surface area contributed by atoms with Gasteiger partial charge in [-0.25, -0.2) is 37.4 Å². The maximum absolute atomic E-state index is 13.6. The number of rotatable bonds is 17. The zero-order valence-electron chi connectivity index (χ0n) is 62.6. The minimum absolute atomic E-state index is 0. The summed E-state index contributed by atoms with van der Waals surface area (Å²) in [5.74, 6) is -0.508. The number of nitrogens with one attached hydrogen (secondary N) is 1. The van der Waals surface area contributed by atoms with Crippen molar-refractivity contribution in [1.82, 2.24) is 9.97 Å². The van der Waals surface area contributed by atoms with Gasteiger partial charge in [0.1, 0.15) is 39.9 Å². The van der Waals surface area contributed by atoms with E-state index in [0.717, 1.165) is 99.7 Å². The maximum atomic E-state index is 13.6. The van der Waals surface area contributed by atoms with Gasteiger partial charge >= 0.3 is 39.9 Å². The molecule has 0 bridgehead atoms. The fraction of sp³-hybridized carbons (Fsp3) is 0.366. The summed E-state index contributed by atoms with van der Waals surface area (Å²) in [5.41, 5.74) is 6.24. The molecule has 1 saturated carbocycles. The standard InChI is InChI=1S/C25H27ClN4O7S2.C15H12ClO2S.C8H9BrO3S.C8H7BrO3S.C8H8BrO2S.C7H7BrO2S.B.Na.2HOPS.2Ti.H/c26-15-2-1-13-3-4-36-24(17(13)6-15)18-8-21(38-22(18)10-31)23(33)19-9-28-12-29-25(19)30-16-5-14(20(32)7-16)11-37-39(27,34)35;1-9-13(7-12(8-17)19-9)15-14-6-11(16)3-2-10(14)4-5-18-15;2*9-5-3-6(13-7(5)4-10)8-11-1-2-12-8;1-5-6(9)4-7(12-5)8-10-2-3-11-8;8-5-3-6(11-4-5)7-9-1-2-10-7;;;2*1-3-2;;;/h1-2,6,8-9,12,14,16,20,24,31-32H,3-5,7,10-11H2,(H2,27,34,35)(H,28,29,30);2-3,6-8,15H,1,4-5H2;3,8,10H,1-2,4H2;3-4,8H,1-2H2;4,8H,1-3H2;3-4,7H,1-2H2;;;2*2H;;;/q;-1;;;-1;;;+1;;;;;-1/t14-,16-,20+,24?;;;;;;;;;;;;/m1............/s1. The van der Waals surface area contributed by atoms with E-state index in [1.54, 1.807) is 28.7 Å². The van der Waals surface area contributed by atoms with Crippen molar-refractivity contribution in [2.45, 2.75) is 88.4 Å². The number of thiophene rings is 6. The number of hydrogen-bond acceptors (Lipinski definition) is 30. The van der Waals surface area contributed by atoms with Crippen molar-refractivity contribution in [3.8, 4) is 0 Å². The van der Waals surface area contributed by atoms with Crippen LogP contribution in [0, 0.1) is 19.8 Å². The van der Waals surface area contributed by atoms with E-state index in [9.17, 15) is 33.0 Å². The van der Waals surface area contributed by atoms with Gasteiger partial charge in [0.05, 0.1) is 115 Å². The van der Waals surface area contributed by atoms with Gasteiger partial charge < -0.3 is 69.4 Å². The van der Waals surface area contributed by atoms with Crippen LogP contribution in [-0.4, -0.2) is 154 Å². The molecule has 117 heavy (non-hydrogen) atoms. The number of carbonyl (C=O) groups excluding carboxylic acids is 3. The third-order valence-electron chi connectivity index (χ3n) is 16.8. The number of aliphatic hydroxyl groups is 3. The van der Waals surface area contributed by atoms with Crippen LogP contribution in [-0.2, 0) is 153 Å². The molecule has 1 aliphatic carbocycles. The number of ketones is 1. The van der Waals surface area contributed by atoms with Crippen molar-refractivity contribution in [2.24, 2.45) is 11.1 Å². The van der Waals surface area contributed by atoms with Gasteiger partial charge in [0.2, 0.25) is 5.78 Å². The number of aldehydes is 2. The number of benzene rings is 2. The second-order valence-corrected chi connectivity index (χ2v) is 37.7. The van der Waals surface area contributed by atoms with Crippen LogP contribution in [0.25, 0.3) is 0 Å². The Labute approximate surface area is 810 Å². The Morgan fingerprint density at radius 2 is 1.14 bits per heavy atom. The van der Waals surface area contributed by atoms with Crippen molar-refractivity contribution < 1.29 is 173 Å². The molecule has 0 amide bonds. The Hall–Kier alpha value is -0.746. The number of halogens is 6. The Bertz CT molecular complexity index is 4840. The van der Waals surface area contributed by atoms with Crippen molar-refractivity contribution >= 4 is 236 Å². The Morgan fingerprint density at radius 1 is 0.641 bits per heavy atom. The van der Waals surface area contributed by atoms with Gasteiger partial charge in [-0.05, 0) is 160 Å². The number of nitrogens with two attached hydrogens (primary N) is 1. The average Bonchev–Trinajstić information content (AvgIpc) is 1.96.